The predicted octanol–water partition coefficient (Wildman–Crippen LogP) is 3.24. The van der Waals surface area contributed by atoms with Gasteiger partial charge >= 0.3 is 6.61 Å². The van der Waals surface area contributed by atoms with Crippen molar-refractivity contribution in [2.45, 2.75) is 13.2 Å². The van der Waals surface area contributed by atoms with Gasteiger partial charge in [0.05, 0.1) is 27.9 Å². The molecule has 0 heterocycles. The second kappa shape index (κ2) is 9.46. The Morgan fingerprint density at radius 1 is 1.00 bits per heavy atom. The van der Waals surface area contributed by atoms with Gasteiger partial charge < -0.3 is 30.0 Å². The van der Waals surface area contributed by atoms with Crippen molar-refractivity contribution < 1.29 is 27.7 Å². The molecule has 27 heavy (non-hydrogen) atoms. The predicted molar refractivity (Wildman–Crippen MR) is 98.1 cm³/mol. The number of nitrogens with zero attached hydrogens (tertiary/aromatic N) is 1. The lowest BCUT2D eigenvalue weighted by atomic mass is 10.2. The van der Waals surface area contributed by atoms with Gasteiger partial charge in [0, 0.05) is 17.3 Å². The number of alkyl halides is 2. The molecule has 0 atom stereocenters. The third-order valence-electron chi connectivity index (χ3n) is 3.56. The zero-order valence-corrected chi connectivity index (χ0v) is 15.2. The molecule has 7 nitrogen and oxygen atoms in total. The number of methoxy groups -OCH3 is 3. The maximum atomic E-state index is 12.6. The Balaban J connectivity index is 2.15. The molecule has 0 aromatic heterocycles. The molecule has 2 aromatic rings. The maximum Gasteiger partial charge on any atom is 0.387 e. The number of hydrogen-bond donors (Lipinski definition) is 2. The summed E-state index contributed by atoms with van der Waals surface area (Å²) in [7, 11) is 4.53. The van der Waals surface area contributed by atoms with Crippen LogP contribution in [0, 0.1) is 0 Å². The van der Waals surface area contributed by atoms with Crippen LogP contribution >= 0.6 is 0 Å². The lowest BCUT2D eigenvalue weighted by molar-refractivity contribution is -0.0504. The van der Waals surface area contributed by atoms with Gasteiger partial charge in [0.25, 0.3) is 0 Å². The molecule has 0 spiro atoms. The number of ether oxygens (including phenoxy) is 4. The molecule has 0 unspecified atom stereocenters. The molecule has 0 aliphatic carbocycles. The number of halogens is 2. The van der Waals surface area contributed by atoms with Gasteiger partial charge in [0.2, 0.25) is 0 Å². The lowest BCUT2D eigenvalue weighted by Gasteiger charge is -2.12. The third kappa shape index (κ3) is 5.63. The molecule has 0 saturated heterocycles. The lowest BCUT2D eigenvalue weighted by Crippen LogP contribution is -2.22. The summed E-state index contributed by atoms with van der Waals surface area (Å²) in [6, 6.07) is 9.62. The average molecular weight is 381 g/mol. The van der Waals surface area contributed by atoms with Crippen LogP contribution in [-0.4, -0.2) is 33.9 Å². The molecule has 2 rings (SSSR count). The molecule has 0 aliphatic rings. The highest BCUT2D eigenvalue weighted by Gasteiger charge is 2.11. The Labute approximate surface area is 155 Å². The summed E-state index contributed by atoms with van der Waals surface area (Å²) in [5, 5.41) is 2.90. The highest BCUT2D eigenvalue weighted by atomic mass is 19.3. The van der Waals surface area contributed by atoms with Gasteiger partial charge in [-0.05, 0) is 30.3 Å². The van der Waals surface area contributed by atoms with E-state index in [4.69, 9.17) is 19.9 Å². The average Bonchev–Trinajstić information content (AvgIpc) is 2.66. The van der Waals surface area contributed by atoms with Crippen molar-refractivity contribution in [2.75, 3.05) is 26.6 Å². The van der Waals surface area contributed by atoms with E-state index in [9.17, 15) is 8.78 Å². The molecular weight excluding hydrogens is 360 g/mol. The first-order valence-electron chi connectivity index (χ1n) is 7.87. The summed E-state index contributed by atoms with van der Waals surface area (Å²) < 4.78 is 45.1. The second-order valence-corrected chi connectivity index (χ2v) is 5.25. The number of hydrogen-bond acceptors (Lipinski definition) is 5. The van der Waals surface area contributed by atoms with Crippen LogP contribution in [0.4, 0.5) is 14.5 Å². The van der Waals surface area contributed by atoms with E-state index < -0.39 is 6.61 Å². The number of rotatable bonds is 8. The largest absolute Gasteiger partial charge is 0.497 e. The Bertz CT molecular complexity index is 800. The number of benzene rings is 2. The molecule has 146 valence electrons. The maximum absolute atomic E-state index is 12.6. The first kappa shape index (κ1) is 20.1. The molecule has 2 aromatic carbocycles. The normalized spacial score (nSPS) is 11.3. The smallest absolute Gasteiger partial charge is 0.387 e. The molecule has 0 bridgehead atoms. The van der Waals surface area contributed by atoms with Crippen LogP contribution in [0.15, 0.2) is 41.4 Å². The monoisotopic (exact) mass is 381 g/mol. The van der Waals surface area contributed by atoms with Gasteiger partial charge in [0.15, 0.2) is 17.5 Å². The van der Waals surface area contributed by atoms with Crippen LogP contribution in [0.1, 0.15) is 5.56 Å². The Morgan fingerprint density at radius 3 is 2.33 bits per heavy atom. The fraction of sp³-hybridized carbons (Fsp3) is 0.278. The van der Waals surface area contributed by atoms with Crippen LogP contribution in [0.2, 0.25) is 0 Å². The van der Waals surface area contributed by atoms with E-state index in [0.29, 0.717) is 28.5 Å². The minimum Gasteiger partial charge on any atom is -0.497 e. The minimum absolute atomic E-state index is 0.00784. The number of guanidine groups is 1. The molecule has 3 N–H and O–H groups in total. The number of nitrogens with two attached hydrogens (primary N) is 1. The molecular formula is C18H21F2N3O4. The summed E-state index contributed by atoms with van der Waals surface area (Å²) in [4.78, 5) is 4.16. The van der Waals surface area contributed by atoms with E-state index in [1.54, 1.807) is 24.3 Å². The molecule has 0 radical (unpaired) electrons. The topological polar surface area (TPSA) is 87.3 Å². The van der Waals surface area contributed by atoms with Crippen molar-refractivity contribution in [1.29, 1.82) is 0 Å². The zero-order chi connectivity index (χ0) is 19.8. The van der Waals surface area contributed by atoms with E-state index in [1.807, 2.05) is 0 Å². The molecule has 9 heteroatoms. The molecule has 0 saturated carbocycles. The highest BCUT2D eigenvalue weighted by Crippen LogP contribution is 2.30. The summed E-state index contributed by atoms with van der Waals surface area (Å²) >= 11 is 0. The summed E-state index contributed by atoms with van der Waals surface area (Å²) in [6.45, 7) is -2.92. The molecule has 0 amide bonds. The van der Waals surface area contributed by atoms with E-state index >= 15 is 0 Å². The standard InChI is InChI=1S/C18H21F2N3O4/c1-24-13-5-7-14(27-17(19)20)11(8-13)10-22-18(21)23-12-4-6-15(25-2)16(9-12)26-3/h4-9,17H,10H2,1-3H3,(H3,21,22,23). The number of aliphatic imine (C=N–C) groups is 1. The highest BCUT2D eigenvalue weighted by molar-refractivity contribution is 5.92. The van der Waals surface area contributed by atoms with Crippen LogP contribution in [0.3, 0.4) is 0 Å². The van der Waals surface area contributed by atoms with E-state index in [2.05, 4.69) is 15.0 Å². The van der Waals surface area contributed by atoms with Gasteiger partial charge in [-0.15, -0.1) is 0 Å². The SMILES string of the molecule is COc1ccc(OC(F)F)c(CN=C(N)Nc2ccc(OC)c(OC)c2)c1. The first-order valence-corrected chi connectivity index (χ1v) is 7.87. The second-order valence-electron chi connectivity index (χ2n) is 5.25. The van der Waals surface area contributed by atoms with Crippen LogP contribution < -0.4 is 30.0 Å². The van der Waals surface area contributed by atoms with Gasteiger partial charge in [-0.3, -0.25) is 0 Å². The van der Waals surface area contributed by atoms with E-state index in [1.165, 1.54) is 33.5 Å². The quantitative estimate of drug-likeness (QED) is 0.539. The van der Waals surface area contributed by atoms with Crippen LogP contribution in [0.5, 0.6) is 23.0 Å². The van der Waals surface area contributed by atoms with E-state index in [-0.39, 0.29) is 18.3 Å². The van der Waals surface area contributed by atoms with Gasteiger partial charge in [-0.1, -0.05) is 0 Å². The summed E-state index contributed by atoms with van der Waals surface area (Å²) in [5.74, 6) is 1.69. The minimum atomic E-state index is -2.94. The molecule has 0 fully saturated rings. The number of nitrogens with one attached hydrogen (secondary N) is 1. The van der Waals surface area contributed by atoms with Gasteiger partial charge in [-0.25, -0.2) is 4.99 Å². The van der Waals surface area contributed by atoms with Crippen molar-refractivity contribution >= 4 is 11.6 Å². The Kier molecular flexibility index (Phi) is 7.04. The van der Waals surface area contributed by atoms with Crippen molar-refractivity contribution in [1.82, 2.24) is 0 Å². The van der Waals surface area contributed by atoms with Crippen molar-refractivity contribution in [3.8, 4) is 23.0 Å². The van der Waals surface area contributed by atoms with Crippen molar-refractivity contribution in [2.24, 2.45) is 10.7 Å². The van der Waals surface area contributed by atoms with Gasteiger partial charge in [0.1, 0.15) is 11.5 Å². The van der Waals surface area contributed by atoms with Crippen molar-refractivity contribution in [3.05, 3.63) is 42.0 Å². The van der Waals surface area contributed by atoms with Crippen molar-refractivity contribution in [3.63, 3.8) is 0 Å². The van der Waals surface area contributed by atoms with Crippen LogP contribution in [-0.2, 0) is 6.54 Å². The fourth-order valence-electron chi connectivity index (χ4n) is 2.29. The summed E-state index contributed by atoms with van der Waals surface area (Å²) in [5.41, 5.74) is 6.92. The van der Waals surface area contributed by atoms with Crippen LogP contribution in [0.25, 0.3) is 0 Å². The first-order chi connectivity index (χ1) is 13.0. The summed E-state index contributed by atoms with van der Waals surface area (Å²) in [6.07, 6.45) is 0. The number of anilines is 1. The third-order valence-corrected chi connectivity index (χ3v) is 3.56. The Morgan fingerprint density at radius 2 is 1.70 bits per heavy atom. The fourth-order valence-corrected chi connectivity index (χ4v) is 2.29. The Hall–Kier alpha value is -3.23. The van der Waals surface area contributed by atoms with Gasteiger partial charge in [-0.2, -0.15) is 8.78 Å². The zero-order valence-electron chi connectivity index (χ0n) is 15.2. The molecule has 0 aliphatic heterocycles. The van der Waals surface area contributed by atoms with E-state index in [0.717, 1.165) is 0 Å².